The van der Waals surface area contributed by atoms with Gasteiger partial charge in [0, 0.05) is 10.0 Å². The smallest absolute Gasteiger partial charge is 0.191 e. The van der Waals surface area contributed by atoms with Crippen LogP contribution < -0.4 is 15.1 Å². The third-order valence-electron chi connectivity index (χ3n) is 6.12. The second-order valence-electron chi connectivity index (χ2n) is 8.06. The van der Waals surface area contributed by atoms with Gasteiger partial charge in [0.05, 0.1) is 44.7 Å². The summed E-state index contributed by atoms with van der Waals surface area (Å²) in [6, 6.07) is 15.3. The number of rotatable bonds is 1. The van der Waals surface area contributed by atoms with Gasteiger partial charge in [0.25, 0.3) is 0 Å². The van der Waals surface area contributed by atoms with Gasteiger partial charge >= 0.3 is 0 Å². The zero-order chi connectivity index (χ0) is 18.6. The Morgan fingerprint density at radius 3 is 2.63 bits per heavy atom. The van der Waals surface area contributed by atoms with Crippen molar-refractivity contribution in [1.29, 1.82) is 0 Å². The van der Waals surface area contributed by atoms with Gasteiger partial charge < -0.3 is 15.1 Å². The van der Waals surface area contributed by atoms with E-state index in [0.717, 1.165) is 36.2 Å². The first kappa shape index (κ1) is 17.3. The Balaban J connectivity index is 1.58. The Kier molecular flexibility index (Phi) is 4.08. The van der Waals surface area contributed by atoms with E-state index in [1.807, 2.05) is 0 Å². The number of likely N-dealkylation sites (tertiary alicyclic amines) is 1. The monoisotopic (exact) mass is 426 g/mol. The number of nitrogens with zero attached hydrogens (tertiary/aromatic N) is 1. The predicted octanol–water partition coefficient (Wildman–Crippen LogP) is 3.06. The molecule has 5 rings (SSSR count). The van der Waals surface area contributed by atoms with Gasteiger partial charge in [-0.05, 0) is 36.8 Å². The van der Waals surface area contributed by atoms with Gasteiger partial charge in [0.15, 0.2) is 5.72 Å². The standard InChI is InChI=1S/C22H24BrN3O/c1-15-3-5-16(6-4-15)19-14-20-18-13-17(23)7-8-21(18)27-22(26(20)24-19)9-11-25(2)12-10-22/h3-8,13-14,20,24H,9-12H2,1-2H3/p+1. The molecule has 0 amide bonds. The van der Waals surface area contributed by atoms with Crippen LogP contribution in [0.3, 0.4) is 0 Å². The lowest BCUT2D eigenvalue weighted by atomic mass is 9.93. The molecular formula is C22H25BrN3O+. The van der Waals surface area contributed by atoms with Gasteiger partial charge in [-0.2, -0.15) is 5.01 Å². The summed E-state index contributed by atoms with van der Waals surface area (Å²) >= 11 is 3.63. The molecule has 5 heteroatoms. The molecule has 27 heavy (non-hydrogen) atoms. The van der Waals surface area contributed by atoms with E-state index in [0.29, 0.717) is 0 Å². The summed E-state index contributed by atoms with van der Waals surface area (Å²) in [5.41, 5.74) is 8.31. The fourth-order valence-corrected chi connectivity index (χ4v) is 4.83. The van der Waals surface area contributed by atoms with E-state index < -0.39 is 0 Å². The zero-order valence-electron chi connectivity index (χ0n) is 15.8. The average molecular weight is 427 g/mol. The topological polar surface area (TPSA) is 28.9 Å². The number of nitrogens with one attached hydrogen (secondary N) is 2. The Morgan fingerprint density at radius 1 is 1.15 bits per heavy atom. The molecule has 4 nitrogen and oxygen atoms in total. The third-order valence-corrected chi connectivity index (χ3v) is 6.61. The van der Waals surface area contributed by atoms with Crippen LogP contribution in [0.25, 0.3) is 5.70 Å². The van der Waals surface area contributed by atoms with Crippen LogP contribution >= 0.6 is 15.9 Å². The van der Waals surface area contributed by atoms with E-state index in [2.05, 4.69) is 88.9 Å². The van der Waals surface area contributed by atoms with Crippen LogP contribution in [0.4, 0.5) is 0 Å². The zero-order valence-corrected chi connectivity index (χ0v) is 17.3. The molecule has 3 heterocycles. The van der Waals surface area contributed by atoms with Gasteiger partial charge in [0.2, 0.25) is 0 Å². The molecule has 140 valence electrons. The normalized spacial score (nSPS) is 29.5. The van der Waals surface area contributed by atoms with E-state index in [1.165, 1.54) is 22.4 Å². The molecule has 2 N–H and O–H groups in total. The van der Waals surface area contributed by atoms with E-state index in [-0.39, 0.29) is 11.8 Å². The highest BCUT2D eigenvalue weighted by atomic mass is 79.9. The van der Waals surface area contributed by atoms with E-state index >= 15 is 0 Å². The molecule has 1 fully saturated rings. The van der Waals surface area contributed by atoms with E-state index in [9.17, 15) is 0 Å². The van der Waals surface area contributed by atoms with Crippen LogP contribution in [0.15, 0.2) is 53.0 Å². The van der Waals surface area contributed by atoms with Gasteiger partial charge in [-0.1, -0.05) is 45.8 Å². The minimum absolute atomic E-state index is 0.181. The highest BCUT2D eigenvalue weighted by Gasteiger charge is 2.52. The molecule has 1 atom stereocenters. The molecular weight excluding hydrogens is 402 g/mol. The van der Waals surface area contributed by atoms with Crippen LogP contribution in [0.2, 0.25) is 0 Å². The number of hydrazine groups is 1. The minimum Gasteiger partial charge on any atom is -0.470 e. The van der Waals surface area contributed by atoms with E-state index in [4.69, 9.17) is 4.74 Å². The second-order valence-corrected chi connectivity index (χ2v) is 8.98. The van der Waals surface area contributed by atoms with Crippen molar-refractivity contribution < 1.29 is 9.64 Å². The maximum Gasteiger partial charge on any atom is 0.191 e. The summed E-state index contributed by atoms with van der Waals surface area (Å²) in [6.45, 7) is 4.37. The summed E-state index contributed by atoms with van der Waals surface area (Å²) < 4.78 is 7.77. The first-order valence-corrected chi connectivity index (χ1v) is 10.5. The number of fused-ring (bicyclic) bond motifs is 4. The fourth-order valence-electron chi connectivity index (χ4n) is 4.45. The molecule has 3 aliphatic heterocycles. The van der Waals surface area contributed by atoms with Crippen molar-refractivity contribution in [3.63, 3.8) is 0 Å². The fraction of sp³-hybridized carbons (Fsp3) is 0.364. The Labute approximate surface area is 168 Å². The first-order valence-electron chi connectivity index (χ1n) is 9.69. The van der Waals surface area contributed by atoms with Crippen LogP contribution in [0, 0.1) is 6.92 Å². The second kappa shape index (κ2) is 6.36. The molecule has 0 bridgehead atoms. The van der Waals surface area contributed by atoms with Crippen molar-refractivity contribution in [3.05, 3.63) is 69.7 Å². The summed E-state index contributed by atoms with van der Waals surface area (Å²) in [5.74, 6) is 1.02. The summed E-state index contributed by atoms with van der Waals surface area (Å²) in [6.07, 6.45) is 4.39. The summed E-state index contributed by atoms with van der Waals surface area (Å²) in [7, 11) is 2.27. The van der Waals surface area contributed by atoms with Crippen molar-refractivity contribution in [2.45, 2.75) is 31.5 Å². The van der Waals surface area contributed by atoms with Crippen LogP contribution in [-0.4, -0.2) is 30.9 Å². The lowest BCUT2D eigenvalue weighted by Gasteiger charge is -2.50. The lowest BCUT2D eigenvalue weighted by Crippen LogP contribution is -3.11. The molecule has 2 aromatic carbocycles. The van der Waals surface area contributed by atoms with Crippen molar-refractivity contribution in [2.24, 2.45) is 0 Å². The van der Waals surface area contributed by atoms with Gasteiger partial charge in [0.1, 0.15) is 5.75 Å². The highest BCUT2D eigenvalue weighted by Crippen LogP contribution is 2.48. The molecule has 0 aliphatic carbocycles. The number of ether oxygens (including phenoxy) is 1. The average Bonchev–Trinajstić information content (AvgIpc) is 3.12. The largest absolute Gasteiger partial charge is 0.470 e. The number of hydrogen-bond donors (Lipinski definition) is 2. The molecule has 0 saturated carbocycles. The number of piperidine rings is 1. The van der Waals surface area contributed by atoms with E-state index in [1.54, 1.807) is 4.90 Å². The van der Waals surface area contributed by atoms with Gasteiger partial charge in [-0.15, -0.1) is 0 Å². The van der Waals surface area contributed by atoms with Gasteiger partial charge in [-0.3, -0.25) is 0 Å². The predicted molar refractivity (Wildman–Crippen MR) is 110 cm³/mol. The Hall–Kier alpha value is -1.82. The SMILES string of the molecule is Cc1ccc(C2=CC3c4cc(Br)ccc4OC4(CC[NH+](C)CC4)N3N2)cc1. The number of quaternary nitrogens is 1. The third kappa shape index (κ3) is 2.89. The maximum absolute atomic E-state index is 6.68. The molecule has 1 spiro atoms. The minimum atomic E-state index is -0.284. The quantitative estimate of drug-likeness (QED) is 0.733. The number of halogens is 1. The molecule has 1 saturated heterocycles. The number of benzene rings is 2. The maximum atomic E-state index is 6.68. The number of hydrogen-bond acceptors (Lipinski definition) is 3. The van der Waals surface area contributed by atoms with Crippen molar-refractivity contribution in [1.82, 2.24) is 10.4 Å². The first-order chi connectivity index (χ1) is 13.0. The molecule has 2 aromatic rings. The molecule has 1 unspecified atom stereocenters. The Bertz CT molecular complexity index is 900. The summed E-state index contributed by atoms with van der Waals surface area (Å²) in [4.78, 5) is 1.58. The number of aryl methyl sites for hydroxylation is 1. The van der Waals surface area contributed by atoms with Crippen molar-refractivity contribution in [2.75, 3.05) is 20.1 Å². The van der Waals surface area contributed by atoms with Crippen LogP contribution in [0.1, 0.15) is 35.6 Å². The van der Waals surface area contributed by atoms with Crippen LogP contribution in [-0.2, 0) is 0 Å². The molecule has 3 aliphatic rings. The van der Waals surface area contributed by atoms with Crippen molar-refractivity contribution >= 4 is 21.6 Å². The molecule has 0 radical (unpaired) electrons. The summed E-state index contributed by atoms with van der Waals surface area (Å²) in [5, 5.41) is 2.36. The Morgan fingerprint density at radius 2 is 1.89 bits per heavy atom. The lowest BCUT2D eigenvalue weighted by molar-refractivity contribution is -0.888. The highest BCUT2D eigenvalue weighted by molar-refractivity contribution is 9.10. The van der Waals surface area contributed by atoms with Crippen LogP contribution in [0.5, 0.6) is 5.75 Å². The van der Waals surface area contributed by atoms with Crippen molar-refractivity contribution in [3.8, 4) is 5.75 Å². The molecule has 0 aromatic heterocycles. The van der Waals surface area contributed by atoms with Gasteiger partial charge in [-0.25, -0.2) is 0 Å².